The molecule has 1 aliphatic rings. The number of nitrogens with zero attached hydrogens (tertiary/aromatic N) is 1. The summed E-state index contributed by atoms with van der Waals surface area (Å²) in [7, 11) is 0. The van der Waals surface area contributed by atoms with Crippen LogP contribution in [0.2, 0.25) is 0 Å². The van der Waals surface area contributed by atoms with Crippen molar-refractivity contribution in [2.24, 2.45) is 5.92 Å². The second-order valence-electron chi connectivity index (χ2n) is 3.91. The lowest BCUT2D eigenvalue weighted by atomic mass is 9.72. The molecule has 0 amide bonds. The maximum Gasteiger partial charge on any atom is 0.0587 e. The minimum atomic E-state index is 0.867. The molecule has 0 bridgehead atoms. The van der Waals surface area contributed by atoms with E-state index in [0.717, 1.165) is 11.8 Å². The topological polar surface area (TPSA) is 23.8 Å². The highest BCUT2D eigenvalue weighted by Gasteiger charge is 2.25. The fourth-order valence-electron chi connectivity index (χ4n) is 1.90. The van der Waals surface area contributed by atoms with Gasteiger partial charge in [-0.15, -0.1) is 0 Å². The van der Waals surface area contributed by atoms with Crippen molar-refractivity contribution < 1.29 is 0 Å². The van der Waals surface area contributed by atoms with Crippen molar-refractivity contribution in [1.29, 1.82) is 5.26 Å². The number of nitriles is 1. The Bertz CT molecular complexity index is 291. The molecule has 1 aromatic carbocycles. The molecule has 0 radical (unpaired) electrons. The third kappa shape index (κ3) is 2.88. The first-order valence-corrected chi connectivity index (χ1v) is 5.13. The molecule has 2 rings (SSSR count). The van der Waals surface area contributed by atoms with E-state index in [1.807, 2.05) is 0 Å². The molecule has 74 valence electrons. The van der Waals surface area contributed by atoms with Gasteiger partial charge in [0.1, 0.15) is 0 Å². The fraction of sp³-hybridized carbons (Fsp3) is 0.462. The van der Waals surface area contributed by atoms with Gasteiger partial charge in [0.15, 0.2) is 0 Å². The molecule has 0 aliphatic heterocycles. The molecule has 1 aromatic rings. The van der Waals surface area contributed by atoms with Crippen LogP contribution in [0.15, 0.2) is 30.3 Å². The second-order valence-corrected chi connectivity index (χ2v) is 3.91. The third-order valence-electron chi connectivity index (χ3n) is 2.64. The van der Waals surface area contributed by atoms with Crippen LogP contribution in [0.1, 0.15) is 38.2 Å². The highest BCUT2D eigenvalue weighted by Crippen LogP contribution is 2.40. The molecule has 0 spiro atoms. The van der Waals surface area contributed by atoms with Crippen LogP contribution in [0.25, 0.3) is 0 Å². The monoisotopic (exact) mass is 187 g/mol. The summed E-state index contributed by atoms with van der Waals surface area (Å²) in [5.74, 6) is 1.83. The maximum absolute atomic E-state index is 7.32. The zero-order valence-corrected chi connectivity index (χ0v) is 8.90. The first kappa shape index (κ1) is 10.8. The van der Waals surface area contributed by atoms with Crippen molar-refractivity contribution in [2.45, 2.75) is 32.6 Å². The first-order valence-electron chi connectivity index (χ1n) is 5.13. The molecule has 1 saturated carbocycles. The predicted octanol–water partition coefficient (Wildman–Crippen LogP) is 3.73. The molecule has 0 atom stereocenters. The predicted molar refractivity (Wildman–Crippen MR) is 58.9 cm³/mol. The van der Waals surface area contributed by atoms with Crippen molar-refractivity contribution in [3.8, 4) is 6.07 Å². The van der Waals surface area contributed by atoms with E-state index in [1.165, 1.54) is 25.3 Å². The largest absolute Gasteiger partial charge is 0.199 e. The lowest BCUT2D eigenvalue weighted by molar-refractivity contribution is 0.288. The molecular weight excluding hydrogens is 170 g/mol. The van der Waals surface area contributed by atoms with Gasteiger partial charge < -0.3 is 0 Å². The zero-order chi connectivity index (χ0) is 10.4. The Hall–Kier alpha value is -1.29. The van der Waals surface area contributed by atoms with Gasteiger partial charge in [-0.3, -0.25) is 0 Å². The van der Waals surface area contributed by atoms with Crippen molar-refractivity contribution in [3.05, 3.63) is 35.9 Å². The van der Waals surface area contributed by atoms with Gasteiger partial charge in [0.25, 0.3) is 0 Å². The molecule has 1 fully saturated rings. The SMILES string of the molecule is CC#N.CC1CC(c2ccccc2)C1. The summed E-state index contributed by atoms with van der Waals surface area (Å²) >= 11 is 0. The maximum atomic E-state index is 7.32. The lowest BCUT2D eigenvalue weighted by Crippen LogP contribution is -2.18. The molecule has 0 heterocycles. The normalized spacial score (nSPS) is 23.8. The summed E-state index contributed by atoms with van der Waals surface area (Å²) in [5, 5.41) is 7.32. The zero-order valence-electron chi connectivity index (χ0n) is 8.90. The number of rotatable bonds is 1. The van der Waals surface area contributed by atoms with Crippen molar-refractivity contribution in [1.82, 2.24) is 0 Å². The van der Waals surface area contributed by atoms with Gasteiger partial charge in [-0.1, -0.05) is 37.3 Å². The highest BCUT2D eigenvalue weighted by molar-refractivity contribution is 5.21. The minimum Gasteiger partial charge on any atom is -0.199 e. The summed E-state index contributed by atoms with van der Waals surface area (Å²) in [6.07, 6.45) is 2.79. The Kier molecular flexibility index (Phi) is 4.19. The smallest absolute Gasteiger partial charge is 0.0587 e. The molecule has 1 heteroatoms. The Morgan fingerprint density at radius 3 is 2.14 bits per heavy atom. The van der Waals surface area contributed by atoms with Gasteiger partial charge in [0.2, 0.25) is 0 Å². The van der Waals surface area contributed by atoms with E-state index in [-0.39, 0.29) is 0 Å². The van der Waals surface area contributed by atoms with Gasteiger partial charge in [0.05, 0.1) is 6.07 Å². The van der Waals surface area contributed by atoms with E-state index in [4.69, 9.17) is 5.26 Å². The van der Waals surface area contributed by atoms with E-state index in [2.05, 4.69) is 37.3 Å². The Labute approximate surface area is 86.4 Å². The number of hydrogen-bond donors (Lipinski definition) is 0. The first-order chi connectivity index (χ1) is 6.77. The molecule has 0 aromatic heterocycles. The van der Waals surface area contributed by atoms with Gasteiger partial charge in [-0.25, -0.2) is 0 Å². The van der Waals surface area contributed by atoms with E-state index < -0.39 is 0 Å². The van der Waals surface area contributed by atoms with E-state index in [9.17, 15) is 0 Å². The van der Waals surface area contributed by atoms with Gasteiger partial charge in [-0.05, 0) is 30.2 Å². The van der Waals surface area contributed by atoms with Crippen LogP contribution in [0.5, 0.6) is 0 Å². The Morgan fingerprint density at radius 2 is 1.71 bits per heavy atom. The van der Waals surface area contributed by atoms with Crippen molar-refractivity contribution in [3.63, 3.8) is 0 Å². The number of hydrogen-bond acceptors (Lipinski definition) is 1. The summed E-state index contributed by atoms with van der Waals surface area (Å²) in [6.45, 7) is 3.76. The quantitative estimate of drug-likeness (QED) is 0.657. The minimum absolute atomic E-state index is 0.867. The summed E-state index contributed by atoms with van der Waals surface area (Å²) in [4.78, 5) is 0. The average Bonchev–Trinajstić information content (AvgIpc) is 2.16. The van der Waals surface area contributed by atoms with Crippen LogP contribution in [-0.2, 0) is 0 Å². The fourth-order valence-corrected chi connectivity index (χ4v) is 1.90. The van der Waals surface area contributed by atoms with Gasteiger partial charge >= 0.3 is 0 Å². The molecule has 14 heavy (non-hydrogen) atoms. The molecule has 0 saturated heterocycles. The lowest BCUT2D eigenvalue weighted by Gasteiger charge is -2.32. The van der Waals surface area contributed by atoms with E-state index in [1.54, 1.807) is 6.07 Å². The van der Waals surface area contributed by atoms with Crippen molar-refractivity contribution >= 4 is 0 Å². The Morgan fingerprint density at radius 1 is 1.21 bits per heavy atom. The average molecular weight is 187 g/mol. The molecule has 0 N–H and O–H groups in total. The molecule has 1 aliphatic carbocycles. The molecule has 0 unspecified atom stereocenters. The van der Waals surface area contributed by atoms with Gasteiger partial charge in [0, 0.05) is 6.92 Å². The highest BCUT2D eigenvalue weighted by atomic mass is 14.3. The van der Waals surface area contributed by atoms with Crippen LogP contribution in [0, 0.1) is 17.2 Å². The third-order valence-corrected chi connectivity index (χ3v) is 2.64. The standard InChI is InChI=1S/C11H14.C2H3N/c1-9-7-11(8-9)10-5-3-2-4-6-10;1-2-3/h2-6,9,11H,7-8H2,1H3;1H3. The molecule has 1 nitrogen and oxygen atoms in total. The van der Waals surface area contributed by atoms with Gasteiger partial charge in [-0.2, -0.15) is 5.26 Å². The van der Waals surface area contributed by atoms with Crippen molar-refractivity contribution in [2.75, 3.05) is 0 Å². The van der Waals surface area contributed by atoms with Crippen LogP contribution < -0.4 is 0 Å². The van der Waals surface area contributed by atoms with Crippen LogP contribution >= 0.6 is 0 Å². The molecular formula is C13H17N. The van der Waals surface area contributed by atoms with Crippen LogP contribution in [0.4, 0.5) is 0 Å². The van der Waals surface area contributed by atoms with Crippen LogP contribution in [-0.4, -0.2) is 0 Å². The van der Waals surface area contributed by atoms with E-state index >= 15 is 0 Å². The second kappa shape index (κ2) is 5.44. The van der Waals surface area contributed by atoms with Crippen LogP contribution in [0.3, 0.4) is 0 Å². The summed E-state index contributed by atoms with van der Waals surface area (Å²) in [5.41, 5.74) is 1.53. The van der Waals surface area contributed by atoms with E-state index in [0.29, 0.717) is 0 Å². The summed E-state index contributed by atoms with van der Waals surface area (Å²) < 4.78 is 0. The number of benzene rings is 1. The Balaban J connectivity index is 0.000000293. The summed E-state index contributed by atoms with van der Waals surface area (Å²) in [6, 6.07) is 12.6.